The summed E-state index contributed by atoms with van der Waals surface area (Å²) in [5, 5.41) is 17.0. The van der Waals surface area contributed by atoms with Gasteiger partial charge in [0.05, 0.1) is 11.0 Å². The van der Waals surface area contributed by atoms with Crippen LogP contribution in [0.4, 0.5) is 5.69 Å². The molecule has 0 saturated carbocycles. The van der Waals surface area contributed by atoms with Crippen molar-refractivity contribution in [2.75, 3.05) is 18.1 Å². The third kappa shape index (κ3) is 4.71. The largest absolute Gasteiger partial charge is 0.350 e. The molecule has 114 valence electrons. The van der Waals surface area contributed by atoms with E-state index in [0.29, 0.717) is 6.42 Å². The van der Waals surface area contributed by atoms with E-state index in [1.54, 1.807) is 12.1 Å². The number of nitrogens with one attached hydrogen (secondary N) is 2. The van der Waals surface area contributed by atoms with Crippen molar-refractivity contribution in [3.05, 3.63) is 39.9 Å². The van der Waals surface area contributed by atoms with Crippen LogP contribution >= 0.6 is 11.8 Å². The fraction of sp³-hybridized carbons (Fsp3) is 0.500. The number of benzene rings is 1. The summed E-state index contributed by atoms with van der Waals surface area (Å²) in [6, 6.07) is 6.33. The molecule has 2 rings (SSSR count). The summed E-state index contributed by atoms with van der Waals surface area (Å²) in [5.74, 6) is 2.00. The van der Waals surface area contributed by atoms with E-state index in [9.17, 15) is 14.9 Å². The Labute approximate surface area is 127 Å². The number of nitro groups is 1. The molecule has 21 heavy (non-hydrogen) atoms. The SMILES string of the molecule is CC(NC(=O)CC1CSCCN1)c1cccc([N+](=O)[O-])c1. The number of carbonyl (C=O) groups excluding carboxylic acids is 1. The van der Waals surface area contributed by atoms with Crippen molar-refractivity contribution in [1.29, 1.82) is 0 Å². The molecule has 1 aromatic rings. The molecule has 1 fully saturated rings. The van der Waals surface area contributed by atoms with Crippen molar-refractivity contribution in [2.24, 2.45) is 0 Å². The molecule has 1 saturated heterocycles. The first-order valence-corrected chi connectivity index (χ1v) is 8.06. The van der Waals surface area contributed by atoms with E-state index in [2.05, 4.69) is 10.6 Å². The van der Waals surface area contributed by atoms with Crippen LogP contribution in [0.5, 0.6) is 0 Å². The summed E-state index contributed by atoms with van der Waals surface area (Å²) in [7, 11) is 0. The van der Waals surface area contributed by atoms with E-state index in [1.165, 1.54) is 12.1 Å². The predicted octanol–water partition coefficient (Wildman–Crippen LogP) is 1.87. The molecule has 0 aromatic heterocycles. The molecule has 1 aromatic carbocycles. The number of nitro benzene ring substituents is 1. The van der Waals surface area contributed by atoms with Crippen molar-refractivity contribution in [3.63, 3.8) is 0 Å². The minimum atomic E-state index is -0.429. The van der Waals surface area contributed by atoms with Gasteiger partial charge in [0.15, 0.2) is 0 Å². The molecule has 6 nitrogen and oxygen atoms in total. The number of hydrogen-bond donors (Lipinski definition) is 2. The standard InChI is InChI=1S/C14H19N3O3S/c1-10(11-3-2-4-13(7-11)17(19)20)16-14(18)8-12-9-21-6-5-15-12/h2-4,7,10,12,15H,5-6,8-9H2,1H3,(H,16,18). The Morgan fingerprint density at radius 2 is 2.43 bits per heavy atom. The Hall–Kier alpha value is -1.60. The topological polar surface area (TPSA) is 84.3 Å². The van der Waals surface area contributed by atoms with Crippen LogP contribution in [-0.2, 0) is 4.79 Å². The van der Waals surface area contributed by atoms with Crippen LogP contribution in [0.25, 0.3) is 0 Å². The Balaban J connectivity index is 1.90. The van der Waals surface area contributed by atoms with Gasteiger partial charge in [-0.1, -0.05) is 12.1 Å². The molecule has 2 atom stereocenters. The van der Waals surface area contributed by atoms with Gasteiger partial charge in [0.1, 0.15) is 0 Å². The molecule has 0 radical (unpaired) electrons. The molecule has 0 spiro atoms. The van der Waals surface area contributed by atoms with Gasteiger partial charge in [-0.25, -0.2) is 0 Å². The lowest BCUT2D eigenvalue weighted by Gasteiger charge is -2.23. The van der Waals surface area contributed by atoms with Crippen LogP contribution in [0, 0.1) is 10.1 Å². The molecule has 0 bridgehead atoms. The van der Waals surface area contributed by atoms with Gasteiger partial charge >= 0.3 is 0 Å². The summed E-state index contributed by atoms with van der Waals surface area (Å²) in [5.41, 5.74) is 0.780. The third-order valence-electron chi connectivity index (χ3n) is 3.39. The number of amides is 1. The van der Waals surface area contributed by atoms with E-state index < -0.39 is 4.92 Å². The predicted molar refractivity (Wildman–Crippen MR) is 83.4 cm³/mol. The van der Waals surface area contributed by atoms with Crippen LogP contribution in [0.1, 0.15) is 24.9 Å². The highest BCUT2D eigenvalue weighted by Gasteiger charge is 2.18. The lowest BCUT2D eigenvalue weighted by atomic mass is 10.1. The van der Waals surface area contributed by atoms with Gasteiger partial charge in [-0.15, -0.1) is 0 Å². The first-order chi connectivity index (χ1) is 10.1. The van der Waals surface area contributed by atoms with Crippen molar-refractivity contribution in [1.82, 2.24) is 10.6 Å². The highest BCUT2D eigenvalue weighted by molar-refractivity contribution is 7.99. The van der Waals surface area contributed by atoms with Crippen LogP contribution in [0.3, 0.4) is 0 Å². The highest BCUT2D eigenvalue weighted by atomic mass is 32.2. The summed E-state index contributed by atoms with van der Waals surface area (Å²) in [6.07, 6.45) is 0.437. The minimum absolute atomic E-state index is 0.0333. The Morgan fingerprint density at radius 3 is 3.10 bits per heavy atom. The molecule has 7 heteroatoms. The lowest BCUT2D eigenvalue weighted by molar-refractivity contribution is -0.384. The third-order valence-corrected chi connectivity index (χ3v) is 4.52. The second kappa shape index (κ2) is 7.42. The smallest absolute Gasteiger partial charge is 0.269 e. The average Bonchev–Trinajstić information content (AvgIpc) is 2.48. The molecule has 2 unspecified atom stereocenters. The maximum atomic E-state index is 12.0. The van der Waals surface area contributed by atoms with Crippen LogP contribution in [0.2, 0.25) is 0 Å². The van der Waals surface area contributed by atoms with Crippen molar-refractivity contribution in [3.8, 4) is 0 Å². The first kappa shape index (κ1) is 15.8. The quantitative estimate of drug-likeness (QED) is 0.641. The molecule has 1 heterocycles. The number of rotatable bonds is 5. The molecule has 1 amide bonds. The van der Waals surface area contributed by atoms with E-state index in [-0.39, 0.29) is 23.7 Å². The number of nitrogens with zero attached hydrogens (tertiary/aromatic N) is 1. The fourth-order valence-corrected chi connectivity index (χ4v) is 3.22. The van der Waals surface area contributed by atoms with E-state index in [4.69, 9.17) is 0 Å². The summed E-state index contributed by atoms with van der Waals surface area (Å²) in [6.45, 7) is 2.77. The Bertz CT molecular complexity index is 518. The number of hydrogen-bond acceptors (Lipinski definition) is 5. The minimum Gasteiger partial charge on any atom is -0.350 e. The van der Waals surface area contributed by atoms with Crippen LogP contribution in [-0.4, -0.2) is 34.9 Å². The lowest BCUT2D eigenvalue weighted by Crippen LogP contribution is -2.41. The van der Waals surface area contributed by atoms with Gasteiger partial charge in [-0.05, 0) is 12.5 Å². The maximum absolute atomic E-state index is 12.0. The summed E-state index contributed by atoms with van der Waals surface area (Å²) < 4.78 is 0. The fourth-order valence-electron chi connectivity index (χ4n) is 2.27. The molecule has 0 aliphatic carbocycles. The molecular formula is C14H19N3O3S. The Kier molecular flexibility index (Phi) is 5.58. The van der Waals surface area contributed by atoms with Gasteiger partial charge in [-0.3, -0.25) is 14.9 Å². The van der Waals surface area contributed by atoms with Gasteiger partial charge in [0.25, 0.3) is 5.69 Å². The summed E-state index contributed by atoms with van der Waals surface area (Å²) in [4.78, 5) is 22.4. The van der Waals surface area contributed by atoms with Gasteiger partial charge in [0.2, 0.25) is 5.91 Å². The molecule has 1 aliphatic rings. The van der Waals surface area contributed by atoms with Crippen molar-refractivity contribution >= 4 is 23.4 Å². The highest BCUT2D eigenvalue weighted by Crippen LogP contribution is 2.19. The van der Waals surface area contributed by atoms with Gasteiger partial charge in [-0.2, -0.15) is 11.8 Å². The Morgan fingerprint density at radius 1 is 1.62 bits per heavy atom. The number of carbonyl (C=O) groups is 1. The molecule has 1 aliphatic heterocycles. The first-order valence-electron chi connectivity index (χ1n) is 6.91. The van der Waals surface area contributed by atoms with Crippen molar-refractivity contribution < 1.29 is 9.72 Å². The van der Waals surface area contributed by atoms with E-state index in [0.717, 1.165) is 23.6 Å². The van der Waals surface area contributed by atoms with Gasteiger partial charge in [0, 0.05) is 42.6 Å². The zero-order chi connectivity index (χ0) is 15.2. The number of thioether (sulfide) groups is 1. The zero-order valence-electron chi connectivity index (χ0n) is 11.9. The van der Waals surface area contributed by atoms with Crippen molar-refractivity contribution in [2.45, 2.75) is 25.4 Å². The van der Waals surface area contributed by atoms with Crippen LogP contribution < -0.4 is 10.6 Å². The van der Waals surface area contributed by atoms with Crippen LogP contribution in [0.15, 0.2) is 24.3 Å². The molecule has 2 N–H and O–H groups in total. The summed E-state index contributed by atoms with van der Waals surface area (Å²) >= 11 is 1.85. The second-order valence-electron chi connectivity index (χ2n) is 5.07. The second-order valence-corrected chi connectivity index (χ2v) is 6.22. The zero-order valence-corrected chi connectivity index (χ0v) is 12.7. The van der Waals surface area contributed by atoms with Gasteiger partial charge < -0.3 is 10.6 Å². The molecular weight excluding hydrogens is 290 g/mol. The monoisotopic (exact) mass is 309 g/mol. The normalized spacial score (nSPS) is 19.8. The average molecular weight is 309 g/mol. The van der Waals surface area contributed by atoms with E-state index >= 15 is 0 Å². The van der Waals surface area contributed by atoms with E-state index in [1.807, 2.05) is 18.7 Å². The maximum Gasteiger partial charge on any atom is 0.269 e. The number of non-ortho nitro benzene ring substituents is 1.